The van der Waals surface area contributed by atoms with Crippen molar-refractivity contribution in [2.45, 2.75) is 18.7 Å². The van der Waals surface area contributed by atoms with Crippen molar-refractivity contribution in [1.82, 2.24) is 4.90 Å². The van der Waals surface area contributed by atoms with Crippen molar-refractivity contribution in [1.29, 1.82) is 5.41 Å². The molecule has 1 aliphatic rings. The van der Waals surface area contributed by atoms with Gasteiger partial charge in [-0.15, -0.1) is 0 Å². The lowest BCUT2D eigenvalue weighted by Crippen LogP contribution is -2.36. The topological polar surface area (TPSA) is 53.1 Å². The van der Waals surface area contributed by atoms with Gasteiger partial charge in [-0.05, 0) is 5.56 Å². The standard InChI is InChI=1S/C13H19N3S/c1-10-8-16(6-7-17-10)9-11-4-2-3-5-12(11)13(14)15/h2-5,10H,6-9H2,1H3,(H3,14,15). The van der Waals surface area contributed by atoms with Crippen LogP contribution in [-0.2, 0) is 6.54 Å². The second-order valence-electron chi connectivity index (χ2n) is 4.49. The van der Waals surface area contributed by atoms with E-state index in [-0.39, 0.29) is 5.84 Å². The van der Waals surface area contributed by atoms with Crippen LogP contribution in [-0.4, -0.2) is 34.8 Å². The number of benzene rings is 1. The third kappa shape index (κ3) is 3.23. The molecule has 0 spiro atoms. The van der Waals surface area contributed by atoms with Crippen molar-refractivity contribution in [3.63, 3.8) is 0 Å². The van der Waals surface area contributed by atoms with E-state index in [4.69, 9.17) is 11.1 Å². The molecule has 1 unspecified atom stereocenters. The maximum atomic E-state index is 7.59. The molecule has 1 fully saturated rings. The highest BCUT2D eigenvalue weighted by atomic mass is 32.2. The molecular weight excluding hydrogens is 230 g/mol. The Labute approximate surface area is 107 Å². The van der Waals surface area contributed by atoms with E-state index < -0.39 is 0 Å². The van der Waals surface area contributed by atoms with Gasteiger partial charge in [0.05, 0.1) is 0 Å². The van der Waals surface area contributed by atoms with Gasteiger partial charge in [0.15, 0.2) is 0 Å². The van der Waals surface area contributed by atoms with Gasteiger partial charge in [0.2, 0.25) is 0 Å². The summed E-state index contributed by atoms with van der Waals surface area (Å²) in [6.45, 7) is 5.42. The van der Waals surface area contributed by atoms with Crippen LogP contribution in [0.5, 0.6) is 0 Å². The van der Waals surface area contributed by atoms with E-state index in [0.29, 0.717) is 5.25 Å². The Morgan fingerprint density at radius 1 is 1.53 bits per heavy atom. The lowest BCUT2D eigenvalue weighted by Gasteiger charge is -2.30. The summed E-state index contributed by atoms with van der Waals surface area (Å²) < 4.78 is 0. The van der Waals surface area contributed by atoms with Crippen molar-refractivity contribution >= 4 is 17.6 Å². The van der Waals surface area contributed by atoms with Crippen LogP contribution in [0.15, 0.2) is 24.3 Å². The van der Waals surface area contributed by atoms with Crippen LogP contribution in [0, 0.1) is 5.41 Å². The molecule has 1 aliphatic heterocycles. The number of rotatable bonds is 3. The second kappa shape index (κ2) is 5.56. The molecular formula is C13H19N3S. The quantitative estimate of drug-likeness (QED) is 0.635. The number of thioether (sulfide) groups is 1. The van der Waals surface area contributed by atoms with Crippen LogP contribution in [0.3, 0.4) is 0 Å². The fraction of sp³-hybridized carbons (Fsp3) is 0.462. The first kappa shape index (κ1) is 12.5. The van der Waals surface area contributed by atoms with Gasteiger partial charge in [-0.2, -0.15) is 11.8 Å². The third-order valence-electron chi connectivity index (χ3n) is 3.03. The summed E-state index contributed by atoms with van der Waals surface area (Å²) in [5.41, 5.74) is 7.65. The molecule has 3 N–H and O–H groups in total. The summed E-state index contributed by atoms with van der Waals surface area (Å²) in [5.74, 6) is 1.36. The molecule has 0 amide bonds. The maximum absolute atomic E-state index is 7.59. The van der Waals surface area contributed by atoms with Gasteiger partial charge in [-0.25, -0.2) is 0 Å². The number of nitrogens with zero attached hydrogens (tertiary/aromatic N) is 1. The molecule has 2 rings (SSSR count). The van der Waals surface area contributed by atoms with Crippen LogP contribution < -0.4 is 5.73 Å². The first-order valence-corrected chi connectivity index (χ1v) is 6.98. The summed E-state index contributed by atoms with van der Waals surface area (Å²) >= 11 is 2.03. The molecule has 0 aliphatic carbocycles. The average molecular weight is 249 g/mol. The summed E-state index contributed by atoms with van der Waals surface area (Å²) in [7, 11) is 0. The summed E-state index contributed by atoms with van der Waals surface area (Å²) in [6, 6.07) is 7.96. The lowest BCUT2D eigenvalue weighted by atomic mass is 10.1. The zero-order valence-electron chi connectivity index (χ0n) is 10.1. The fourth-order valence-corrected chi connectivity index (χ4v) is 3.28. The molecule has 1 atom stereocenters. The number of nitrogens with two attached hydrogens (primary N) is 1. The smallest absolute Gasteiger partial charge is 0.123 e. The Bertz CT molecular complexity index is 405. The predicted octanol–water partition coefficient (Wildman–Crippen LogP) is 1.91. The summed E-state index contributed by atoms with van der Waals surface area (Å²) in [6.07, 6.45) is 0. The molecule has 0 radical (unpaired) electrons. The Morgan fingerprint density at radius 3 is 3.00 bits per heavy atom. The number of nitrogens with one attached hydrogen (secondary N) is 1. The number of nitrogen functional groups attached to an aromatic ring is 1. The van der Waals surface area contributed by atoms with Crippen LogP contribution in [0.2, 0.25) is 0 Å². The minimum Gasteiger partial charge on any atom is -0.384 e. The Balaban J connectivity index is 2.10. The van der Waals surface area contributed by atoms with Gasteiger partial charge >= 0.3 is 0 Å². The van der Waals surface area contributed by atoms with Crippen LogP contribution >= 0.6 is 11.8 Å². The molecule has 3 nitrogen and oxygen atoms in total. The highest BCUT2D eigenvalue weighted by Gasteiger charge is 2.17. The zero-order chi connectivity index (χ0) is 12.3. The lowest BCUT2D eigenvalue weighted by molar-refractivity contribution is 0.278. The van der Waals surface area contributed by atoms with Crippen LogP contribution in [0.25, 0.3) is 0 Å². The molecule has 0 aromatic heterocycles. The van der Waals surface area contributed by atoms with Gasteiger partial charge in [0.25, 0.3) is 0 Å². The predicted molar refractivity (Wildman–Crippen MR) is 74.7 cm³/mol. The molecule has 92 valence electrons. The van der Waals surface area contributed by atoms with Crippen molar-refractivity contribution in [2.75, 3.05) is 18.8 Å². The van der Waals surface area contributed by atoms with Crippen LogP contribution in [0.4, 0.5) is 0 Å². The third-order valence-corrected chi connectivity index (χ3v) is 4.16. The summed E-state index contributed by atoms with van der Waals surface area (Å²) in [5, 5.41) is 8.29. The Morgan fingerprint density at radius 2 is 2.29 bits per heavy atom. The Kier molecular flexibility index (Phi) is 4.07. The normalized spacial score (nSPS) is 21.4. The highest BCUT2D eigenvalue weighted by molar-refractivity contribution is 7.99. The molecule has 1 aromatic rings. The average Bonchev–Trinajstić information content (AvgIpc) is 2.29. The zero-order valence-corrected chi connectivity index (χ0v) is 11.0. The number of hydrogen-bond donors (Lipinski definition) is 2. The minimum absolute atomic E-state index is 0.167. The van der Waals surface area contributed by atoms with E-state index in [0.717, 1.165) is 25.2 Å². The van der Waals surface area contributed by atoms with Crippen LogP contribution in [0.1, 0.15) is 18.1 Å². The maximum Gasteiger partial charge on any atom is 0.123 e. The second-order valence-corrected chi connectivity index (χ2v) is 6.03. The van der Waals surface area contributed by atoms with Crippen molar-refractivity contribution in [2.24, 2.45) is 5.73 Å². The number of hydrogen-bond acceptors (Lipinski definition) is 3. The van der Waals surface area contributed by atoms with Gasteiger partial charge < -0.3 is 5.73 Å². The van der Waals surface area contributed by atoms with Crippen molar-refractivity contribution in [3.8, 4) is 0 Å². The van der Waals surface area contributed by atoms with E-state index in [1.807, 2.05) is 30.0 Å². The van der Waals surface area contributed by atoms with E-state index in [1.54, 1.807) is 0 Å². The van der Waals surface area contributed by atoms with E-state index in [9.17, 15) is 0 Å². The first-order valence-electron chi connectivity index (χ1n) is 5.93. The van der Waals surface area contributed by atoms with Gasteiger partial charge in [-0.3, -0.25) is 10.3 Å². The summed E-state index contributed by atoms with van der Waals surface area (Å²) in [4.78, 5) is 2.45. The van der Waals surface area contributed by atoms with E-state index in [2.05, 4.69) is 17.9 Å². The molecule has 1 aromatic carbocycles. The molecule has 4 heteroatoms. The Hall–Kier alpha value is -1.00. The fourth-order valence-electron chi connectivity index (χ4n) is 2.20. The number of amidine groups is 1. The van der Waals surface area contributed by atoms with Crippen molar-refractivity contribution in [3.05, 3.63) is 35.4 Å². The van der Waals surface area contributed by atoms with Gasteiger partial charge in [-0.1, -0.05) is 31.2 Å². The molecule has 17 heavy (non-hydrogen) atoms. The first-order chi connectivity index (χ1) is 8.16. The highest BCUT2D eigenvalue weighted by Crippen LogP contribution is 2.20. The minimum atomic E-state index is 0.167. The SMILES string of the molecule is CC1CN(Cc2ccccc2C(=N)N)CCS1. The largest absolute Gasteiger partial charge is 0.384 e. The molecule has 1 saturated heterocycles. The van der Waals surface area contributed by atoms with Crippen molar-refractivity contribution < 1.29 is 0 Å². The molecule has 0 saturated carbocycles. The molecule has 0 bridgehead atoms. The monoisotopic (exact) mass is 249 g/mol. The molecule has 1 heterocycles. The van der Waals surface area contributed by atoms with Gasteiger partial charge in [0, 0.05) is 36.2 Å². The van der Waals surface area contributed by atoms with Gasteiger partial charge in [0.1, 0.15) is 5.84 Å². The van der Waals surface area contributed by atoms with E-state index in [1.165, 1.54) is 11.3 Å². The van der Waals surface area contributed by atoms with E-state index >= 15 is 0 Å².